The standard InChI is InChI=1S/C14H9BrClN3O/c15-10-6-9(2-3-12(10)18)14(20)19-13-4-1-8(7-17)5-11(13)16/h1-6H,18H2,(H,19,20). The lowest BCUT2D eigenvalue weighted by atomic mass is 10.1. The molecule has 6 heteroatoms. The Morgan fingerprint density at radius 2 is 2.05 bits per heavy atom. The zero-order valence-corrected chi connectivity index (χ0v) is 12.5. The van der Waals surface area contributed by atoms with E-state index >= 15 is 0 Å². The fourth-order valence-electron chi connectivity index (χ4n) is 1.55. The van der Waals surface area contributed by atoms with E-state index in [4.69, 9.17) is 22.6 Å². The first-order valence-corrected chi connectivity index (χ1v) is 6.74. The Labute approximate surface area is 129 Å². The summed E-state index contributed by atoms with van der Waals surface area (Å²) in [7, 11) is 0. The Kier molecular flexibility index (Phi) is 4.28. The van der Waals surface area contributed by atoms with E-state index in [1.807, 2.05) is 6.07 Å². The van der Waals surface area contributed by atoms with Crippen molar-refractivity contribution >= 4 is 44.8 Å². The number of nitrogens with two attached hydrogens (primary N) is 1. The van der Waals surface area contributed by atoms with Gasteiger partial charge in [-0.05, 0) is 52.3 Å². The van der Waals surface area contributed by atoms with E-state index in [2.05, 4.69) is 21.2 Å². The first-order chi connectivity index (χ1) is 9.51. The molecule has 2 rings (SSSR count). The molecule has 0 fully saturated rings. The zero-order valence-electron chi connectivity index (χ0n) is 10.2. The van der Waals surface area contributed by atoms with Crippen LogP contribution in [0.3, 0.4) is 0 Å². The van der Waals surface area contributed by atoms with Crippen molar-refractivity contribution in [2.24, 2.45) is 0 Å². The summed E-state index contributed by atoms with van der Waals surface area (Å²) in [5.41, 5.74) is 7.55. The number of hydrogen-bond acceptors (Lipinski definition) is 3. The number of rotatable bonds is 2. The van der Waals surface area contributed by atoms with Gasteiger partial charge in [0, 0.05) is 15.7 Å². The SMILES string of the molecule is N#Cc1ccc(NC(=O)c2ccc(N)c(Br)c2)c(Cl)c1. The van der Waals surface area contributed by atoms with E-state index in [1.54, 1.807) is 30.3 Å². The monoisotopic (exact) mass is 349 g/mol. The minimum absolute atomic E-state index is 0.308. The van der Waals surface area contributed by atoms with Gasteiger partial charge in [0.1, 0.15) is 0 Å². The van der Waals surface area contributed by atoms with Gasteiger partial charge < -0.3 is 11.1 Å². The Balaban J connectivity index is 2.23. The largest absolute Gasteiger partial charge is 0.398 e. The molecule has 0 atom stereocenters. The molecule has 20 heavy (non-hydrogen) atoms. The quantitative estimate of drug-likeness (QED) is 0.808. The molecule has 0 aliphatic carbocycles. The maximum atomic E-state index is 12.1. The highest BCUT2D eigenvalue weighted by Crippen LogP contribution is 2.25. The molecule has 0 saturated heterocycles. The zero-order chi connectivity index (χ0) is 14.7. The lowest BCUT2D eigenvalue weighted by molar-refractivity contribution is 0.102. The third-order valence-electron chi connectivity index (χ3n) is 2.61. The summed E-state index contributed by atoms with van der Waals surface area (Å²) in [6.45, 7) is 0. The molecular weight excluding hydrogens is 342 g/mol. The van der Waals surface area contributed by atoms with Crippen molar-refractivity contribution in [1.29, 1.82) is 5.26 Å². The molecule has 2 aromatic rings. The third kappa shape index (κ3) is 3.10. The van der Waals surface area contributed by atoms with Crippen LogP contribution in [0.1, 0.15) is 15.9 Å². The number of carbonyl (C=O) groups excluding carboxylic acids is 1. The van der Waals surface area contributed by atoms with Gasteiger partial charge in [0.15, 0.2) is 0 Å². The van der Waals surface area contributed by atoms with Crippen LogP contribution in [-0.2, 0) is 0 Å². The molecule has 0 radical (unpaired) electrons. The second-order valence-corrected chi connectivity index (χ2v) is 5.26. The van der Waals surface area contributed by atoms with Crippen LogP contribution in [0, 0.1) is 11.3 Å². The summed E-state index contributed by atoms with van der Waals surface area (Å²) >= 11 is 9.27. The normalized spacial score (nSPS) is 9.85. The lowest BCUT2D eigenvalue weighted by Crippen LogP contribution is -2.12. The molecule has 0 spiro atoms. The number of nitriles is 1. The number of nitrogens with one attached hydrogen (secondary N) is 1. The van der Waals surface area contributed by atoms with Gasteiger partial charge in [0.25, 0.3) is 5.91 Å². The maximum absolute atomic E-state index is 12.1. The Morgan fingerprint density at radius 3 is 2.65 bits per heavy atom. The van der Waals surface area contributed by atoms with Crippen molar-refractivity contribution in [3.05, 3.63) is 57.0 Å². The fourth-order valence-corrected chi connectivity index (χ4v) is 2.16. The second kappa shape index (κ2) is 5.95. The summed E-state index contributed by atoms with van der Waals surface area (Å²) in [6.07, 6.45) is 0. The van der Waals surface area contributed by atoms with Crippen LogP contribution in [0.15, 0.2) is 40.9 Å². The molecule has 3 N–H and O–H groups in total. The molecule has 0 saturated carbocycles. The summed E-state index contributed by atoms with van der Waals surface area (Å²) in [4.78, 5) is 12.1. The van der Waals surface area contributed by atoms with Gasteiger partial charge in [-0.2, -0.15) is 5.26 Å². The highest BCUT2D eigenvalue weighted by atomic mass is 79.9. The molecule has 0 aromatic heterocycles. The van der Waals surface area contributed by atoms with Crippen molar-refractivity contribution in [2.45, 2.75) is 0 Å². The summed E-state index contributed by atoms with van der Waals surface area (Å²) in [5, 5.41) is 11.8. The second-order valence-electron chi connectivity index (χ2n) is 4.00. The Morgan fingerprint density at radius 1 is 1.30 bits per heavy atom. The molecule has 100 valence electrons. The molecular formula is C14H9BrClN3O. The molecule has 0 aliphatic rings. The summed E-state index contributed by atoms with van der Waals surface area (Å²) in [5.74, 6) is -0.308. The first-order valence-electron chi connectivity index (χ1n) is 5.57. The van der Waals surface area contributed by atoms with Gasteiger partial charge >= 0.3 is 0 Å². The molecule has 0 heterocycles. The minimum atomic E-state index is -0.308. The van der Waals surface area contributed by atoms with Crippen LogP contribution in [0.5, 0.6) is 0 Å². The first kappa shape index (κ1) is 14.4. The van der Waals surface area contributed by atoms with Crippen LogP contribution >= 0.6 is 27.5 Å². The number of anilines is 2. The minimum Gasteiger partial charge on any atom is -0.398 e. The number of carbonyl (C=O) groups is 1. The fraction of sp³-hybridized carbons (Fsp3) is 0. The maximum Gasteiger partial charge on any atom is 0.255 e. The van der Waals surface area contributed by atoms with Crippen molar-refractivity contribution in [3.8, 4) is 6.07 Å². The smallest absolute Gasteiger partial charge is 0.255 e. The lowest BCUT2D eigenvalue weighted by Gasteiger charge is -2.08. The van der Waals surface area contributed by atoms with Crippen LogP contribution in [0.25, 0.3) is 0 Å². The van der Waals surface area contributed by atoms with Crippen LogP contribution in [0.2, 0.25) is 5.02 Å². The summed E-state index contributed by atoms with van der Waals surface area (Å²) < 4.78 is 0.649. The van der Waals surface area contributed by atoms with Crippen molar-refractivity contribution < 1.29 is 4.79 Å². The average Bonchev–Trinajstić information content (AvgIpc) is 2.43. The number of benzene rings is 2. The number of nitrogens with zero attached hydrogens (tertiary/aromatic N) is 1. The Hall–Kier alpha value is -2.03. The molecule has 4 nitrogen and oxygen atoms in total. The predicted octanol–water partition coefficient (Wildman–Crippen LogP) is 3.81. The van der Waals surface area contributed by atoms with E-state index in [1.165, 1.54) is 6.07 Å². The van der Waals surface area contributed by atoms with Gasteiger partial charge in [-0.15, -0.1) is 0 Å². The van der Waals surface area contributed by atoms with E-state index in [-0.39, 0.29) is 5.91 Å². The van der Waals surface area contributed by atoms with E-state index in [0.29, 0.717) is 32.0 Å². The van der Waals surface area contributed by atoms with Gasteiger partial charge in [-0.3, -0.25) is 4.79 Å². The van der Waals surface area contributed by atoms with E-state index in [0.717, 1.165) is 0 Å². The van der Waals surface area contributed by atoms with Gasteiger partial charge in [-0.25, -0.2) is 0 Å². The van der Waals surface area contributed by atoms with Crippen molar-refractivity contribution in [3.63, 3.8) is 0 Å². The third-order valence-corrected chi connectivity index (χ3v) is 3.61. The highest BCUT2D eigenvalue weighted by molar-refractivity contribution is 9.10. The average molecular weight is 351 g/mol. The molecule has 0 unspecified atom stereocenters. The summed E-state index contributed by atoms with van der Waals surface area (Å²) in [6, 6.07) is 11.5. The molecule has 2 aromatic carbocycles. The molecule has 0 bridgehead atoms. The number of amides is 1. The predicted molar refractivity (Wildman–Crippen MR) is 82.7 cm³/mol. The molecule has 1 amide bonds. The molecule has 0 aliphatic heterocycles. The van der Waals surface area contributed by atoms with Crippen LogP contribution < -0.4 is 11.1 Å². The van der Waals surface area contributed by atoms with Crippen LogP contribution in [-0.4, -0.2) is 5.91 Å². The van der Waals surface area contributed by atoms with Crippen LogP contribution in [0.4, 0.5) is 11.4 Å². The Bertz CT molecular complexity index is 725. The van der Waals surface area contributed by atoms with Crippen molar-refractivity contribution in [2.75, 3.05) is 11.1 Å². The number of halogens is 2. The van der Waals surface area contributed by atoms with Gasteiger partial charge in [0.2, 0.25) is 0 Å². The van der Waals surface area contributed by atoms with E-state index < -0.39 is 0 Å². The topological polar surface area (TPSA) is 78.9 Å². The van der Waals surface area contributed by atoms with Crippen molar-refractivity contribution in [1.82, 2.24) is 0 Å². The van der Waals surface area contributed by atoms with Gasteiger partial charge in [-0.1, -0.05) is 11.6 Å². The number of nitrogen functional groups attached to an aromatic ring is 1. The number of hydrogen-bond donors (Lipinski definition) is 2. The van der Waals surface area contributed by atoms with E-state index in [9.17, 15) is 4.79 Å². The highest BCUT2D eigenvalue weighted by Gasteiger charge is 2.10. The van der Waals surface area contributed by atoms with Gasteiger partial charge in [0.05, 0.1) is 22.3 Å².